The maximum absolute atomic E-state index is 12.2. The van der Waals surface area contributed by atoms with Crippen molar-refractivity contribution in [2.24, 2.45) is 0 Å². The molecular formula is C15H15BrN2O4S. The number of rotatable bonds is 5. The van der Waals surface area contributed by atoms with E-state index in [9.17, 15) is 18.0 Å². The summed E-state index contributed by atoms with van der Waals surface area (Å²) in [6.45, 7) is -0.225. The van der Waals surface area contributed by atoms with Crippen molar-refractivity contribution in [2.75, 3.05) is 14.1 Å². The average Bonchev–Trinajstić information content (AvgIpc) is 2.49. The summed E-state index contributed by atoms with van der Waals surface area (Å²) in [6, 6.07) is 9.10. The van der Waals surface area contributed by atoms with E-state index < -0.39 is 15.6 Å². The molecule has 1 heterocycles. The standard InChI is InChI=1S/C15H15BrN2O4S/c1-17(2)23(21,22)13-7-8-15(20)18(9-13)10-14(19)11-3-5-12(16)6-4-11/h3-9H,10H2,1-2H3. The molecule has 0 aliphatic carbocycles. The lowest BCUT2D eigenvalue weighted by Crippen LogP contribution is -2.27. The fourth-order valence-corrected chi connectivity index (χ4v) is 3.06. The van der Waals surface area contributed by atoms with E-state index in [0.29, 0.717) is 5.56 Å². The predicted octanol–water partition coefficient (Wildman–Crippen LogP) is 1.74. The molecule has 1 aromatic carbocycles. The first-order valence-electron chi connectivity index (χ1n) is 6.63. The number of hydrogen-bond donors (Lipinski definition) is 0. The van der Waals surface area contributed by atoms with Crippen molar-refractivity contribution in [2.45, 2.75) is 11.4 Å². The zero-order valence-electron chi connectivity index (χ0n) is 12.6. The van der Waals surface area contributed by atoms with Crippen molar-refractivity contribution in [3.63, 3.8) is 0 Å². The van der Waals surface area contributed by atoms with Gasteiger partial charge in [-0.2, -0.15) is 0 Å². The number of carbonyl (C=O) groups is 1. The van der Waals surface area contributed by atoms with E-state index in [2.05, 4.69) is 15.9 Å². The number of carbonyl (C=O) groups excluding carboxylic acids is 1. The van der Waals surface area contributed by atoms with Gasteiger partial charge in [-0.25, -0.2) is 12.7 Å². The molecule has 0 unspecified atom stereocenters. The van der Waals surface area contributed by atoms with Gasteiger partial charge >= 0.3 is 0 Å². The molecule has 8 heteroatoms. The molecule has 0 atom stereocenters. The molecule has 0 N–H and O–H groups in total. The molecule has 0 radical (unpaired) electrons. The smallest absolute Gasteiger partial charge is 0.251 e. The highest BCUT2D eigenvalue weighted by Crippen LogP contribution is 2.13. The minimum Gasteiger partial charge on any atom is -0.306 e. The van der Waals surface area contributed by atoms with Gasteiger partial charge in [0.1, 0.15) is 0 Å². The number of ketones is 1. The lowest BCUT2D eigenvalue weighted by Gasteiger charge is -2.13. The summed E-state index contributed by atoms with van der Waals surface area (Å²) < 4.78 is 27.2. The molecule has 0 saturated heterocycles. The van der Waals surface area contributed by atoms with E-state index in [1.165, 1.54) is 26.4 Å². The quantitative estimate of drug-likeness (QED) is 0.718. The van der Waals surface area contributed by atoms with Crippen molar-refractivity contribution in [1.29, 1.82) is 0 Å². The van der Waals surface area contributed by atoms with Crippen LogP contribution in [-0.2, 0) is 16.6 Å². The Labute approximate surface area is 142 Å². The van der Waals surface area contributed by atoms with Gasteiger partial charge in [0.25, 0.3) is 5.56 Å². The summed E-state index contributed by atoms with van der Waals surface area (Å²) in [6.07, 6.45) is 1.19. The second-order valence-corrected chi connectivity index (χ2v) is 8.12. The lowest BCUT2D eigenvalue weighted by atomic mass is 10.1. The fraction of sp³-hybridized carbons (Fsp3) is 0.200. The topological polar surface area (TPSA) is 76.5 Å². The normalized spacial score (nSPS) is 11.7. The third-order valence-corrected chi connectivity index (χ3v) is 5.54. The van der Waals surface area contributed by atoms with Gasteiger partial charge in [-0.05, 0) is 18.2 Å². The summed E-state index contributed by atoms with van der Waals surface area (Å²) in [4.78, 5) is 24.1. The van der Waals surface area contributed by atoms with E-state index in [0.717, 1.165) is 19.4 Å². The van der Waals surface area contributed by atoms with Crippen LogP contribution in [0.4, 0.5) is 0 Å². The fourth-order valence-electron chi connectivity index (χ4n) is 1.88. The van der Waals surface area contributed by atoms with Crippen LogP contribution in [0, 0.1) is 0 Å². The number of pyridine rings is 1. The third-order valence-electron chi connectivity index (χ3n) is 3.22. The van der Waals surface area contributed by atoms with Gasteiger partial charge in [-0.3, -0.25) is 9.59 Å². The number of aromatic nitrogens is 1. The van der Waals surface area contributed by atoms with Crippen LogP contribution in [0.15, 0.2) is 56.8 Å². The van der Waals surface area contributed by atoms with Gasteiger partial charge in [-0.1, -0.05) is 28.1 Å². The maximum atomic E-state index is 12.2. The van der Waals surface area contributed by atoms with Crippen LogP contribution in [0.25, 0.3) is 0 Å². The number of Topliss-reactive ketones (excluding diaryl/α,β-unsaturated/α-hetero) is 1. The molecule has 0 spiro atoms. The highest BCUT2D eigenvalue weighted by molar-refractivity contribution is 9.10. The number of halogens is 1. The van der Waals surface area contributed by atoms with Crippen LogP contribution in [0.3, 0.4) is 0 Å². The summed E-state index contributed by atoms with van der Waals surface area (Å²) in [5.41, 5.74) is 0.00846. The van der Waals surface area contributed by atoms with E-state index in [-0.39, 0.29) is 17.2 Å². The van der Waals surface area contributed by atoms with Gasteiger partial charge in [0, 0.05) is 36.4 Å². The lowest BCUT2D eigenvalue weighted by molar-refractivity contribution is 0.0970. The molecule has 23 heavy (non-hydrogen) atoms. The Morgan fingerprint density at radius 3 is 2.30 bits per heavy atom. The Bertz CT molecular complexity index is 886. The largest absolute Gasteiger partial charge is 0.306 e. The number of sulfonamides is 1. The molecule has 0 amide bonds. The van der Waals surface area contributed by atoms with Gasteiger partial charge in [0.15, 0.2) is 5.78 Å². The highest BCUT2D eigenvalue weighted by atomic mass is 79.9. The Kier molecular flexibility index (Phi) is 5.18. The molecule has 0 aliphatic rings. The van der Waals surface area contributed by atoms with E-state index in [1.807, 2.05) is 0 Å². The minimum absolute atomic E-state index is 0.0364. The monoisotopic (exact) mass is 398 g/mol. The van der Waals surface area contributed by atoms with Crippen LogP contribution >= 0.6 is 15.9 Å². The van der Waals surface area contributed by atoms with Crippen molar-refractivity contribution >= 4 is 31.7 Å². The van der Waals surface area contributed by atoms with Gasteiger partial charge in [-0.15, -0.1) is 0 Å². The molecule has 122 valence electrons. The zero-order valence-corrected chi connectivity index (χ0v) is 15.0. The van der Waals surface area contributed by atoms with Crippen LogP contribution in [0.5, 0.6) is 0 Å². The molecule has 0 bridgehead atoms. The van der Waals surface area contributed by atoms with Crippen molar-refractivity contribution in [1.82, 2.24) is 8.87 Å². The molecule has 2 aromatic rings. The molecule has 0 aliphatic heterocycles. The van der Waals surface area contributed by atoms with Crippen molar-refractivity contribution < 1.29 is 13.2 Å². The highest BCUT2D eigenvalue weighted by Gasteiger charge is 2.18. The number of benzene rings is 1. The Hall–Kier alpha value is -1.77. The Balaban J connectivity index is 2.35. The molecule has 0 saturated carbocycles. The third kappa shape index (κ3) is 3.95. The predicted molar refractivity (Wildman–Crippen MR) is 90.0 cm³/mol. The van der Waals surface area contributed by atoms with Gasteiger partial charge in [0.2, 0.25) is 10.0 Å². The average molecular weight is 399 g/mol. The van der Waals surface area contributed by atoms with E-state index in [4.69, 9.17) is 0 Å². The Morgan fingerprint density at radius 1 is 1.13 bits per heavy atom. The Morgan fingerprint density at radius 2 is 1.74 bits per heavy atom. The van der Waals surface area contributed by atoms with E-state index >= 15 is 0 Å². The van der Waals surface area contributed by atoms with Crippen LogP contribution in [-0.4, -0.2) is 37.2 Å². The summed E-state index contributed by atoms with van der Waals surface area (Å²) in [7, 11) is -0.865. The SMILES string of the molecule is CN(C)S(=O)(=O)c1ccc(=O)n(CC(=O)c2ccc(Br)cc2)c1. The first kappa shape index (κ1) is 17.6. The van der Waals surface area contributed by atoms with Gasteiger partial charge < -0.3 is 4.57 Å². The summed E-state index contributed by atoms with van der Waals surface area (Å²) in [5, 5.41) is 0. The number of hydrogen-bond acceptors (Lipinski definition) is 4. The molecule has 0 fully saturated rings. The van der Waals surface area contributed by atoms with E-state index in [1.54, 1.807) is 24.3 Å². The zero-order chi connectivity index (χ0) is 17.2. The van der Waals surface area contributed by atoms with Crippen LogP contribution in [0.2, 0.25) is 0 Å². The van der Waals surface area contributed by atoms with Gasteiger partial charge in [0.05, 0.1) is 11.4 Å². The minimum atomic E-state index is -3.67. The molecule has 2 rings (SSSR count). The molecule has 6 nitrogen and oxygen atoms in total. The summed E-state index contributed by atoms with van der Waals surface area (Å²) >= 11 is 3.28. The van der Waals surface area contributed by atoms with Crippen LogP contribution in [0.1, 0.15) is 10.4 Å². The maximum Gasteiger partial charge on any atom is 0.251 e. The van der Waals surface area contributed by atoms with Crippen molar-refractivity contribution in [3.05, 3.63) is 63.0 Å². The number of nitrogens with zero attached hydrogens (tertiary/aromatic N) is 2. The first-order valence-corrected chi connectivity index (χ1v) is 8.87. The summed E-state index contributed by atoms with van der Waals surface area (Å²) in [5.74, 6) is -0.279. The van der Waals surface area contributed by atoms with Crippen molar-refractivity contribution in [3.8, 4) is 0 Å². The second-order valence-electron chi connectivity index (χ2n) is 5.05. The molecular weight excluding hydrogens is 384 g/mol. The second kappa shape index (κ2) is 6.77. The first-order chi connectivity index (χ1) is 10.7. The molecule has 1 aromatic heterocycles. The van der Waals surface area contributed by atoms with Crippen LogP contribution < -0.4 is 5.56 Å².